The average molecular weight is 203 g/mol. The van der Waals surface area contributed by atoms with Crippen molar-refractivity contribution in [3.63, 3.8) is 0 Å². The summed E-state index contributed by atoms with van der Waals surface area (Å²) in [6.07, 6.45) is 3.79. The summed E-state index contributed by atoms with van der Waals surface area (Å²) in [5.74, 6) is 0.137. The van der Waals surface area contributed by atoms with Gasteiger partial charge in [0, 0.05) is 11.6 Å². The van der Waals surface area contributed by atoms with Crippen LogP contribution in [0.4, 0.5) is 0 Å². The number of Topliss-reactive ketones (excluding diaryl/α,β-unsaturated/α-hetero) is 1. The summed E-state index contributed by atoms with van der Waals surface area (Å²) in [4.78, 5) is 11.1. The van der Waals surface area contributed by atoms with Crippen molar-refractivity contribution in [2.75, 3.05) is 6.54 Å². The van der Waals surface area contributed by atoms with Crippen molar-refractivity contribution in [3.8, 4) is 0 Å². The third kappa shape index (κ3) is 2.45. The van der Waals surface area contributed by atoms with E-state index >= 15 is 0 Å². The average Bonchev–Trinajstić information content (AvgIpc) is 2.30. The molecule has 0 radical (unpaired) electrons. The van der Waals surface area contributed by atoms with Crippen LogP contribution in [0.2, 0.25) is 0 Å². The van der Waals surface area contributed by atoms with Gasteiger partial charge in [-0.1, -0.05) is 30.7 Å². The fourth-order valence-electron chi connectivity index (χ4n) is 2.09. The lowest BCUT2D eigenvalue weighted by molar-refractivity contribution is 0.101. The van der Waals surface area contributed by atoms with Crippen LogP contribution in [-0.4, -0.2) is 12.3 Å². The Labute approximate surface area is 90.7 Å². The molecular weight excluding hydrogens is 186 g/mol. The maximum absolute atomic E-state index is 11.1. The second-order valence-electron chi connectivity index (χ2n) is 4.18. The molecule has 15 heavy (non-hydrogen) atoms. The Hall–Kier alpha value is -1.15. The Balaban J connectivity index is 2.11. The zero-order valence-electron chi connectivity index (χ0n) is 9.12. The predicted molar refractivity (Wildman–Crippen MR) is 61.0 cm³/mol. The minimum atomic E-state index is 0.137. The summed E-state index contributed by atoms with van der Waals surface area (Å²) < 4.78 is 0. The number of rotatable bonds is 2. The van der Waals surface area contributed by atoms with Crippen LogP contribution in [0, 0.1) is 0 Å². The van der Waals surface area contributed by atoms with Gasteiger partial charge in [0.25, 0.3) is 0 Å². The van der Waals surface area contributed by atoms with E-state index in [0.29, 0.717) is 6.04 Å². The molecule has 0 aromatic heterocycles. The van der Waals surface area contributed by atoms with Crippen molar-refractivity contribution in [1.82, 2.24) is 5.32 Å². The Morgan fingerprint density at radius 2 is 2.00 bits per heavy atom. The Kier molecular flexibility index (Phi) is 3.17. The van der Waals surface area contributed by atoms with Crippen LogP contribution in [-0.2, 0) is 0 Å². The largest absolute Gasteiger partial charge is 0.310 e. The van der Waals surface area contributed by atoms with Crippen molar-refractivity contribution in [1.29, 1.82) is 0 Å². The monoisotopic (exact) mass is 203 g/mol. The molecule has 1 aromatic rings. The summed E-state index contributed by atoms with van der Waals surface area (Å²) in [5.41, 5.74) is 2.11. The third-order valence-electron chi connectivity index (χ3n) is 3.03. The fraction of sp³-hybridized carbons (Fsp3) is 0.462. The first-order valence-corrected chi connectivity index (χ1v) is 5.61. The Bertz CT molecular complexity index is 336. The Morgan fingerprint density at radius 1 is 1.27 bits per heavy atom. The van der Waals surface area contributed by atoms with Crippen molar-refractivity contribution >= 4 is 5.78 Å². The van der Waals surface area contributed by atoms with Gasteiger partial charge in [-0.15, -0.1) is 0 Å². The number of hydrogen-bond donors (Lipinski definition) is 1. The molecule has 0 saturated carbocycles. The lowest BCUT2D eigenvalue weighted by atomic mass is 9.96. The summed E-state index contributed by atoms with van der Waals surface area (Å²) in [6.45, 7) is 2.72. The molecule has 1 aromatic carbocycles. The third-order valence-corrected chi connectivity index (χ3v) is 3.03. The molecule has 2 heteroatoms. The molecule has 0 spiro atoms. The van der Waals surface area contributed by atoms with Crippen molar-refractivity contribution < 1.29 is 4.79 Å². The van der Waals surface area contributed by atoms with E-state index in [1.807, 2.05) is 12.1 Å². The minimum Gasteiger partial charge on any atom is -0.310 e. The van der Waals surface area contributed by atoms with E-state index in [1.54, 1.807) is 6.92 Å². The molecule has 2 rings (SSSR count). The summed E-state index contributed by atoms with van der Waals surface area (Å²) in [7, 11) is 0. The van der Waals surface area contributed by atoms with Gasteiger partial charge in [-0.25, -0.2) is 0 Å². The summed E-state index contributed by atoms with van der Waals surface area (Å²) >= 11 is 0. The number of carbonyl (C=O) groups is 1. The highest BCUT2D eigenvalue weighted by molar-refractivity contribution is 5.94. The molecule has 1 atom stereocenters. The molecule has 1 unspecified atom stereocenters. The normalized spacial score (nSPS) is 21.3. The SMILES string of the molecule is CC(=O)c1ccc(C2CCCCN2)cc1. The van der Waals surface area contributed by atoms with E-state index in [2.05, 4.69) is 17.4 Å². The first-order valence-electron chi connectivity index (χ1n) is 5.61. The minimum absolute atomic E-state index is 0.137. The van der Waals surface area contributed by atoms with Gasteiger partial charge < -0.3 is 5.32 Å². The molecule has 1 aliphatic heterocycles. The van der Waals surface area contributed by atoms with E-state index in [1.165, 1.54) is 24.8 Å². The smallest absolute Gasteiger partial charge is 0.159 e. The van der Waals surface area contributed by atoms with Gasteiger partial charge in [0.05, 0.1) is 0 Å². The molecular formula is C13H17NO. The molecule has 0 bridgehead atoms. The van der Waals surface area contributed by atoms with E-state index in [-0.39, 0.29) is 5.78 Å². The van der Waals surface area contributed by atoms with Crippen LogP contribution in [0.1, 0.15) is 48.1 Å². The van der Waals surface area contributed by atoms with Crippen LogP contribution >= 0.6 is 0 Å². The van der Waals surface area contributed by atoms with Gasteiger partial charge in [0.15, 0.2) is 5.78 Å². The molecule has 1 saturated heterocycles. The van der Waals surface area contributed by atoms with Crippen molar-refractivity contribution in [2.45, 2.75) is 32.2 Å². The second-order valence-corrected chi connectivity index (χ2v) is 4.18. The Morgan fingerprint density at radius 3 is 2.53 bits per heavy atom. The zero-order valence-corrected chi connectivity index (χ0v) is 9.12. The predicted octanol–water partition coefficient (Wildman–Crippen LogP) is 2.70. The molecule has 0 aliphatic carbocycles. The maximum Gasteiger partial charge on any atom is 0.159 e. The van der Waals surface area contributed by atoms with E-state index < -0.39 is 0 Å². The van der Waals surface area contributed by atoms with Crippen LogP contribution in [0.3, 0.4) is 0 Å². The number of benzene rings is 1. The summed E-state index contributed by atoms with van der Waals surface area (Å²) in [6, 6.07) is 8.47. The van der Waals surface area contributed by atoms with Crippen molar-refractivity contribution in [3.05, 3.63) is 35.4 Å². The maximum atomic E-state index is 11.1. The number of carbonyl (C=O) groups excluding carboxylic acids is 1. The number of piperidine rings is 1. The van der Waals surface area contributed by atoms with Crippen LogP contribution in [0.25, 0.3) is 0 Å². The first-order chi connectivity index (χ1) is 7.27. The molecule has 1 N–H and O–H groups in total. The van der Waals surface area contributed by atoms with E-state index in [4.69, 9.17) is 0 Å². The fourth-order valence-corrected chi connectivity index (χ4v) is 2.09. The van der Waals surface area contributed by atoms with Crippen LogP contribution < -0.4 is 5.32 Å². The highest BCUT2D eigenvalue weighted by Gasteiger charge is 2.14. The first kappa shape index (κ1) is 10.4. The van der Waals surface area contributed by atoms with Crippen molar-refractivity contribution in [2.24, 2.45) is 0 Å². The molecule has 0 amide bonds. The number of nitrogens with one attached hydrogen (secondary N) is 1. The zero-order chi connectivity index (χ0) is 10.7. The number of hydrogen-bond acceptors (Lipinski definition) is 2. The molecule has 1 heterocycles. The van der Waals surface area contributed by atoms with Crippen LogP contribution in [0.15, 0.2) is 24.3 Å². The second kappa shape index (κ2) is 4.58. The van der Waals surface area contributed by atoms with Crippen LogP contribution in [0.5, 0.6) is 0 Å². The standard InChI is InChI=1S/C13H17NO/c1-10(15)11-5-7-12(8-6-11)13-4-2-3-9-14-13/h5-8,13-14H,2-4,9H2,1H3. The summed E-state index contributed by atoms with van der Waals surface area (Å²) in [5, 5.41) is 3.50. The lowest BCUT2D eigenvalue weighted by Gasteiger charge is -2.23. The van der Waals surface area contributed by atoms with E-state index in [9.17, 15) is 4.79 Å². The van der Waals surface area contributed by atoms with Gasteiger partial charge >= 0.3 is 0 Å². The molecule has 2 nitrogen and oxygen atoms in total. The molecule has 80 valence electrons. The van der Waals surface area contributed by atoms with Gasteiger partial charge in [0.1, 0.15) is 0 Å². The number of ketones is 1. The van der Waals surface area contributed by atoms with E-state index in [0.717, 1.165) is 12.1 Å². The van der Waals surface area contributed by atoms with Gasteiger partial charge in [0.2, 0.25) is 0 Å². The molecule has 1 fully saturated rings. The highest BCUT2D eigenvalue weighted by Crippen LogP contribution is 2.22. The van der Waals surface area contributed by atoms with Gasteiger partial charge in [-0.2, -0.15) is 0 Å². The van der Waals surface area contributed by atoms with Gasteiger partial charge in [-0.05, 0) is 31.9 Å². The lowest BCUT2D eigenvalue weighted by Crippen LogP contribution is -2.26. The van der Waals surface area contributed by atoms with Gasteiger partial charge in [-0.3, -0.25) is 4.79 Å². The molecule has 1 aliphatic rings. The topological polar surface area (TPSA) is 29.1 Å². The quantitative estimate of drug-likeness (QED) is 0.749. The highest BCUT2D eigenvalue weighted by atomic mass is 16.1.